The van der Waals surface area contributed by atoms with Crippen LogP contribution in [0.2, 0.25) is 0 Å². The minimum Gasteiger partial charge on any atom is -0.309 e. The molecule has 13 heteroatoms. The molecule has 0 fully saturated rings. The number of alkyl halides is 6. The molecule has 0 unspecified atom stereocenters. The third-order valence-corrected chi connectivity index (χ3v) is 13.3. The Kier molecular flexibility index (Phi) is 10.9. The van der Waals surface area contributed by atoms with Gasteiger partial charge in [-0.2, -0.15) is 52.7 Å². The van der Waals surface area contributed by atoms with Crippen LogP contribution in [0.5, 0.6) is 0 Å². The number of nitrogens with zero attached hydrogens (tertiary/aromatic N) is 7. The third kappa shape index (κ3) is 7.69. The smallest absolute Gasteiger partial charge is 0.309 e. The van der Waals surface area contributed by atoms with Crippen molar-refractivity contribution < 1.29 is 26.3 Å². The molecule has 0 aliphatic rings. The van der Waals surface area contributed by atoms with E-state index in [9.17, 15) is 52.7 Å². The van der Waals surface area contributed by atoms with Crippen molar-refractivity contribution in [2.45, 2.75) is 12.4 Å². The summed E-state index contributed by atoms with van der Waals surface area (Å²) in [5.41, 5.74) is 5.30. The molecule has 350 valence electrons. The van der Waals surface area contributed by atoms with Crippen LogP contribution in [0.25, 0.3) is 99.5 Å². The van der Waals surface area contributed by atoms with Gasteiger partial charge in [0.2, 0.25) is 0 Å². The van der Waals surface area contributed by atoms with E-state index in [0.29, 0.717) is 95.7 Å². The van der Waals surface area contributed by atoms with Gasteiger partial charge < -0.3 is 9.13 Å². The van der Waals surface area contributed by atoms with Crippen LogP contribution in [0.15, 0.2) is 176 Å². The summed E-state index contributed by atoms with van der Waals surface area (Å²) in [6.07, 6.45) is -10.2. The summed E-state index contributed by atoms with van der Waals surface area (Å²) in [5.74, 6) is 0. The van der Waals surface area contributed by atoms with E-state index in [-0.39, 0.29) is 22.8 Å². The van der Waals surface area contributed by atoms with Gasteiger partial charge in [0.15, 0.2) is 0 Å². The predicted molar refractivity (Wildman–Crippen MR) is 270 cm³/mol. The first kappa shape index (κ1) is 46.0. The van der Waals surface area contributed by atoms with Crippen LogP contribution in [0.3, 0.4) is 0 Å². The van der Waals surface area contributed by atoms with Crippen molar-refractivity contribution in [1.82, 2.24) is 9.13 Å². The number of halogens is 6. The number of fused-ring (bicyclic) bond motifs is 6. The Hall–Kier alpha value is -10.4. The van der Waals surface area contributed by atoms with E-state index >= 15 is 0 Å². The summed E-state index contributed by atoms with van der Waals surface area (Å²) >= 11 is 0. The lowest BCUT2D eigenvalue weighted by atomic mass is 9.93. The maximum Gasteiger partial charge on any atom is 0.416 e. The lowest BCUT2D eigenvalue weighted by Gasteiger charge is -2.21. The topological polar surface area (TPSA) is 129 Å². The zero-order chi connectivity index (χ0) is 51.6. The van der Waals surface area contributed by atoms with Crippen molar-refractivity contribution in [3.05, 3.63) is 215 Å². The van der Waals surface area contributed by atoms with Crippen LogP contribution in [-0.4, -0.2) is 9.13 Å². The molecule has 0 amide bonds. The molecule has 0 bridgehead atoms. The first-order chi connectivity index (χ1) is 35.7. The van der Waals surface area contributed by atoms with E-state index in [1.165, 1.54) is 18.2 Å². The molecule has 11 rings (SSSR count). The minimum atomic E-state index is -5.12. The monoisotopic (exact) mass is 973 g/mol. The fourth-order valence-corrected chi connectivity index (χ4v) is 9.98. The molecular weight excluding hydrogens is 945 g/mol. The molecule has 11 aromatic rings. The zero-order valence-electron chi connectivity index (χ0n) is 38.1. The third-order valence-electron chi connectivity index (χ3n) is 13.3. The highest BCUT2D eigenvalue weighted by molar-refractivity contribution is 6.13. The lowest BCUT2D eigenvalue weighted by molar-refractivity contribution is -0.143. The normalized spacial score (nSPS) is 11.6. The van der Waals surface area contributed by atoms with Gasteiger partial charge >= 0.3 is 12.4 Å². The Bertz CT molecular complexity index is 4390. The number of hydrogen-bond donors (Lipinski definition) is 0. The Morgan fingerprint density at radius 3 is 1.18 bits per heavy atom. The zero-order valence-corrected chi connectivity index (χ0v) is 38.1. The summed E-state index contributed by atoms with van der Waals surface area (Å²) in [5, 5.41) is 52.9. The molecule has 7 nitrogen and oxygen atoms in total. The summed E-state index contributed by atoms with van der Waals surface area (Å²) < 4.78 is 90.6. The molecule has 0 radical (unpaired) electrons. The maximum atomic E-state index is 14.4. The first-order valence-electron chi connectivity index (χ1n) is 22.7. The van der Waals surface area contributed by atoms with Crippen molar-refractivity contribution in [1.29, 1.82) is 26.3 Å². The van der Waals surface area contributed by atoms with E-state index in [1.807, 2.05) is 94.1 Å². The van der Waals surface area contributed by atoms with Crippen LogP contribution in [0.1, 0.15) is 38.9 Å². The Morgan fingerprint density at radius 2 is 0.716 bits per heavy atom. The van der Waals surface area contributed by atoms with E-state index in [1.54, 1.807) is 54.6 Å². The van der Waals surface area contributed by atoms with Crippen molar-refractivity contribution >= 4 is 43.6 Å². The van der Waals surface area contributed by atoms with Crippen LogP contribution in [0, 0.1) is 56.7 Å². The minimum absolute atomic E-state index is 0.0316. The van der Waals surface area contributed by atoms with Gasteiger partial charge in [0.25, 0.3) is 0 Å². The number of rotatable bonds is 6. The van der Waals surface area contributed by atoms with Gasteiger partial charge in [-0.1, -0.05) is 66.7 Å². The average molecular weight is 974 g/mol. The maximum absolute atomic E-state index is 14.4. The molecule has 0 saturated heterocycles. The number of aromatic nitrogens is 2. The van der Waals surface area contributed by atoms with E-state index in [2.05, 4.69) is 30.3 Å². The average Bonchev–Trinajstić information content (AvgIpc) is 3.96. The number of para-hydroxylation sites is 2. The van der Waals surface area contributed by atoms with Crippen molar-refractivity contribution in [3.8, 4) is 86.2 Å². The fourth-order valence-electron chi connectivity index (χ4n) is 9.98. The Morgan fingerprint density at radius 1 is 0.311 bits per heavy atom. The summed E-state index contributed by atoms with van der Waals surface area (Å²) in [6, 6.07) is 58.1. The largest absolute Gasteiger partial charge is 0.416 e. The van der Waals surface area contributed by atoms with Crippen molar-refractivity contribution in [2.75, 3.05) is 0 Å². The second-order valence-corrected chi connectivity index (χ2v) is 17.5. The Labute approximate surface area is 417 Å². The molecule has 2 heterocycles. The van der Waals surface area contributed by atoms with Gasteiger partial charge in [0, 0.05) is 32.7 Å². The van der Waals surface area contributed by atoms with Crippen LogP contribution < -0.4 is 0 Å². The number of nitriles is 5. The quantitative estimate of drug-likeness (QED) is 0.153. The Balaban J connectivity index is 1.22. The molecule has 0 aliphatic heterocycles. The first-order valence-corrected chi connectivity index (χ1v) is 22.7. The number of benzene rings is 9. The van der Waals surface area contributed by atoms with Crippen molar-refractivity contribution in [3.63, 3.8) is 0 Å². The molecule has 2 aromatic heterocycles. The second kappa shape index (κ2) is 17.5. The molecule has 0 spiro atoms. The summed E-state index contributed by atoms with van der Waals surface area (Å²) in [6.45, 7) is 0. The SMILES string of the molecule is N#Cc1ccc(-c2ccc3c(c2)c2ccccc2n3-c2ccc(C#N)cc2-c2cc(-c3cc(C(F)(F)F)cc(C(F)(F)F)c3)ccc2-n2c3ccccc3c3cc(-c4ccc(C#N)cc4C#N)ccc32)c(C#N)c1. The molecule has 74 heavy (non-hydrogen) atoms. The fraction of sp³-hybridized carbons (Fsp3) is 0.0328. The molecule has 0 N–H and O–H groups in total. The van der Waals surface area contributed by atoms with Crippen LogP contribution in [0.4, 0.5) is 26.3 Å². The van der Waals surface area contributed by atoms with Gasteiger partial charge in [0.1, 0.15) is 0 Å². The van der Waals surface area contributed by atoms with E-state index < -0.39 is 23.5 Å². The molecule has 0 aliphatic carbocycles. The van der Waals surface area contributed by atoms with Gasteiger partial charge in [0.05, 0.1) is 103 Å². The van der Waals surface area contributed by atoms with E-state index in [0.717, 1.165) is 27.1 Å². The van der Waals surface area contributed by atoms with Gasteiger partial charge in [-0.15, -0.1) is 0 Å². The highest BCUT2D eigenvalue weighted by Gasteiger charge is 2.37. The van der Waals surface area contributed by atoms with Crippen molar-refractivity contribution in [2.24, 2.45) is 0 Å². The highest BCUT2D eigenvalue weighted by Crippen LogP contribution is 2.46. The lowest BCUT2D eigenvalue weighted by Crippen LogP contribution is -2.11. The van der Waals surface area contributed by atoms with Gasteiger partial charge in [-0.3, -0.25) is 0 Å². The molecule has 0 atom stereocenters. The molecule has 0 saturated carbocycles. The van der Waals surface area contributed by atoms with Crippen LogP contribution >= 0.6 is 0 Å². The highest BCUT2D eigenvalue weighted by atomic mass is 19.4. The standard InChI is InChI=1S/C61H29F6N7/c62-60(63,64)44-24-41(25-45(29-44)61(65,66)67)38-12-18-59(74-55-8-4-2-6-49(55)52-28-40(14-20-58(52)74)47-16-10-36(31-69)22-43(47)34-72)53(26-38)50-23-37(32-70)11-17-56(50)73-54-7-3-1-5-48(54)51-27-39(13-19-57(51)73)46-15-9-35(30-68)21-42(46)33-71/h1-29H. The molecular formula is C61H29F6N7. The number of hydrogen-bond acceptors (Lipinski definition) is 5. The summed E-state index contributed by atoms with van der Waals surface area (Å²) in [4.78, 5) is 0. The van der Waals surface area contributed by atoms with E-state index in [4.69, 9.17) is 0 Å². The van der Waals surface area contributed by atoms with Gasteiger partial charge in [-0.05, 0) is 143 Å². The molecule has 9 aromatic carbocycles. The summed E-state index contributed by atoms with van der Waals surface area (Å²) in [7, 11) is 0. The van der Waals surface area contributed by atoms with Crippen LogP contribution in [-0.2, 0) is 12.4 Å². The van der Waals surface area contributed by atoms with Gasteiger partial charge in [-0.25, -0.2) is 0 Å². The second-order valence-electron chi connectivity index (χ2n) is 17.5. The predicted octanol–water partition coefficient (Wildman–Crippen LogP) is 15.9.